The van der Waals surface area contributed by atoms with E-state index in [4.69, 9.17) is 0 Å². The van der Waals surface area contributed by atoms with Gasteiger partial charge < -0.3 is 0 Å². The summed E-state index contributed by atoms with van der Waals surface area (Å²) >= 11 is 0. The molecule has 0 nitrogen and oxygen atoms in total. The van der Waals surface area contributed by atoms with Gasteiger partial charge in [0.25, 0.3) is 0 Å². The quantitative estimate of drug-likeness (QED) is 0.623. The zero-order chi connectivity index (χ0) is 16.5. The Morgan fingerprint density at radius 2 is 1.64 bits per heavy atom. The molecular formula is C24H25Zr-. The van der Waals surface area contributed by atoms with Crippen molar-refractivity contribution in [3.05, 3.63) is 69.6 Å². The molecule has 4 rings (SSSR count). The van der Waals surface area contributed by atoms with Crippen LogP contribution in [0.25, 0.3) is 23.3 Å². The molecule has 0 saturated heterocycles. The van der Waals surface area contributed by atoms with Crippen molar-refractivity contribution in [3.63, 3.8) is 0 Å². The van der Waals surface area contributed by atoms with E-state index in [0.29, 0.717) is 0 Å². The number of aryl methyl sites for hydroxylation is 2. The van der Waals surface area contributed by atoms with E-state index in [0.717, 1.165) is 5.92 Å². The van der Waals surface area contributed by atoms with Crippen molar-refractivity contribution in [2.24, 2.45) is 5.92 Å². The largest absolute Gasteiger partial charge is 0.145 e. The molecule has 2 aromatic rings. The van der Waals surface area contributed by atoms with Crippen molar-refractivity contribution in [1.29, 1.82) is 0 Å². The van der Waals surface area contributed by atoms with Gasteiger partial charge in [-0.2, -0.15) is 0 Å². The average Bonchev–Trinajstić information content (AvgIpc) is 2.98. The van der Waals surface area contributed by atoms with Gasteiger partial charge in [-0.05, 0) is 25.3 Å². The van der Waals surface area contributed by atoms with Gasteiger partial charge in [0.2, 0.25) is 0 Å². The maximum absolute atomic E-state index is 3.65. The first-order valence-electron chi connectivity index (χ1n) is 9.24. The molecule has 0 bridgehead atoms. The van der Waals surface area contributed by atoms with Crippen LogP contribution in [0.5, 0.6) is 0 Å². The Morgan fingerprint density at radius 1 is 0.920 bits per heavy atom. The van der Waals surface area contributed by atoms with Gasteiger partial charge in [-0.1, -0.05) is 79.1 Å². The van der Waals surface area contributed by atoms with Gasteiger partial charge in [0.05, 0.1) is 0 Å². The van der Waals surface area contributed by atoms with Crippen molar-refractivity contribution in [1.82, 2.24) is 0 Å². The van der Waals surface area contributed by atoms with Gasteiger partial charge in [-0.25, -0.2) is 0 Å². The van der Waals surface area contributed by atoms with E-state index in [2.05, 4.69) is 68.5 Å². The molecule has 2 aromatic carbocycles. The normalized spacial score (nSPS) is 18.2. The Bertz CT molecular complexity index is 894. The van der Waals surface area contributed by atoms with Crippen LogP contribution < -0.4 is 10.4 Å². The van der Waals surface area contributed by atoms with Crippen LogP contribution in [0, 0.1) is 19.8 Å². The van der Waals surface area contributed by atoms with Gasteiger partial charge in [-0.15, -0.1) is 40.3 Å². The maximum Gasteiger partial charge on any atom is 0 e. The molecule has 0 amide bonds. The van der Waals surface area contributed by atoms with Gasteiger partial charge in [0.15, 0.2) is 0 Å². The van der Waals surface area contributed by atoms with E-state index >= 15 is 0 Å². The molecule has 0 N–H and O–H groups in total. The zero-order valence-electron chi connectivity index (χ0n) is 15.2. The van der Waals surface area contributed by atoms with E-state index in [1.807, 2.05) is 0 Å². The minimum atomic E-state index is 0. The molecule has 0 radical (unpaired) electrons. The molecule has 0 unspecified atom stereocenters. The number of benzene rings is 2. The first kappa shape index (κ1) is 18.6. The Balaban J connectivity index is 0.00000182. The summed E-state index contributed by atoms with van der Waals surface area (Å²) in [4.78, 5) is 0. The fourth-order valence-electron chi connectivity index (χ4n) is 4.02. The molecular weight excluding hydrogens is 379 g/mol. The van der Waals surface area contributed by atoms with Crippen LogP contribution in [0.2, 0.25) is 0 Å². The Morgan fingerprint density at radius 3 is 2.36 bits per heavy atom. The van der Waals surface area contributed by atoms with Crippen LogP contribution in [0.15, 0.2) is 48.0 Å². The summed E-state index contributed by atoms with van der Waals surface area (Å²) in [6, 6.07) is 13.5. The number of rotatable bonds is 2. The molecule has 1 fully saturated rings. The van der Waals surface area contributed by atoms with Gasteiger partial charge in [0, 0.05) is 26.2 Å². The van der Waals surface area contributed by atoms with E-state index in [9.17, 15) is 0 Å². The third-order valence-corrected chi connectivity index (χ3v) is 5.33. The average molecular weight is 405 g/mol. The second-order valence-electron chi connectivity index (χ2n) is 7.43. The number of fused-ring (bicyclic) bond motifs is 1. The summed E-state index contributed by atoms with van der Waals surface area (Å²) in [7, 11) is 0. The second kappa shape index (κ2) is 8.00. The molecule has 1 heteroatoms. The minimum Gasteiger partial charge on any atom is -0.145 e. The molecule has 0 heterocycles. The molecule has 25 heavy (non-hydrogen) atoms. The first-order chi connectivity index (χ1) is 11.7. The molecule has 0 aromatic heterocycles. The van der Waals surface area contributed by atoms with Crippen LogP contribution in [0.4, 0.5) is 0 Å². The fourth-order valence-corrected chi connectivity index (χ4v) is 4.02. The number of hydrogen-bond acceptors (Lipinski definition) is 0. The van der Waals surface area contributed by atoms with Crippen molar-refractivity contribution in [3.8, 4) is 11.1 Å². The summed E-state index contributed by atoms with van der Waals surface area (Å²) < 4.78 is 0. The number of hydrogen-bond donors (Lipinski definition) is 0. The van der Waals surface area contributed by atoms with Crippen molar-refractivity contribution in [2.75, 3.05) is 0 Å². The minimum absolute atomic E-state index is 0. The van der Waals surface area contributed by atoms with Crippen LogP contribution in [0.1, 0.15) is 43.2 Å². The van der Waals surface area contributed by atoms with Crippen molar-refractivity contribution < 1.29 is 26.2 Å². The predicted octanol–water partition coefficient (Wildman–Crippen LogP) is 4.93. The Labute approximate surface area is 170 Å². The Kier molecular flexibility index (Phi) is 5.95. The summed E-state index contributed by atoms with van der Waals surface area (Å²) in [5, 5.41) is 2.60. The fraction of sp³-hybridized carbons (Fsp3) is 0.333. The second-order valence-corrected chi connectivity index (χ2v) is 7.43. The van der Waals surface area contributed by atoms with Gasteiger partial charge in [0.1, 0.15) is 0 Å². The van der Waals surface area contributed by atoms with E-state index in [1.165, 1.54) is 70.4 Å². The third-order valence-electron chi connectivity index (χ3n) is 5.33. The molecule has 0 aliphatic heterocycles. The summed E-state index contributed by atoms with van der Waals surface area (Å²) in [5.74, 6) is 0.746. The van der Waals surface area contributed by atoms with Crippen LogP contribution >= 0.6 is 0 Å². The molecule has 1 saturated carbocycles. The van der Waals surface area contributed by atoms with Crippen LogP contribution in [0.3, 0.4) is 0 Å². The molecule has 126 valence electrons. The predicted molar refractivity (Wildman–Crippen MR) is 103 cm³/mol. The van der Waals surface area contributed by atoms with Crippen LogP contribution in [-0.4, -0.2) is 0 Å². The summed E-state index contributed by atoms with van der Waals surface area (Å²) in [6.07, 6.45) is 15.3. The van der Waals surface area contributed by atoms with Crippen molar-refractivity contribution in [2.45, 2.75) is 46.0 Å². The van der Waals surface area contributed by atoms with E-state index in [1.54, 1.807) is 0 Å². The molecule has 0 atom stereocenters. The smallest absolute Gasteiger partial charge is 0 e. The molecule has 2 aliphatic rings. The zero-order valence-corrected chi connectivity index (χ0v) is 17.7. The topological polar surface area (TPSA) is 0 Å². The first-order valence-corrected chi connectivity index (χ1v) is 9.24. The van der Waals surface area contributed by atoms with Crippen LogP contribution in [-0.2, 0) is 26.2 Å². The number of allylic oxidation sites excluding steroid dienone is 2. The third kappa shape index (κ3) is 4.14. The summed E-state index contributed by atoms with van der Waals surface area (Å²) in [6.45, 7) is 4.33. The SMILES string of the molecule is Cc1ccc(-c2cc(C)cc3c2=CC(=CC2CCCCC2)[C-]=3)cc1.[Zr]. The Hall–Kier alpha value is -1.20. The van der Waals surface area contributed by atoms with Gasteiger partial charge >= 0.3 is 0 Å². The monoisotopic (exact) mass is 403 g/mol. The standard InChI is InChI=1S/C24H25.Zr/c1-17-8-10-21(11-9-17)23-13-18(2)12-22-15-20(16-24(22)23)14-19-6-4-3-5-7-19;/h8-14,16,19H,3-7H2,1-2H3;/q-1;. The van der Waals surface area contributed by atoms with Crippen molar-refractivity contribution >= 4 is 12.2 Å². The maximum atomic E-state index is 3.65. The van der Waals surface area contributed by atoms with Gasteiger partial charge in [-0.3, -0.25) is 0 Å². The van der Waals surface area contributed by atoms with E-state index in [-0.39, 0.29) is 26.2 Å². The molecule has 0 spiro atoms. The molecule has 2 aliphatic carbocycles. The van der Waals surface area contributed by atoms with E-state index < -0.39 is 0 Å². The summed E-state index contributed by atoms with van der Waals surface area (Å²) in [5.41, 5.74) is 6.55.